The number of hydrogen-bond acceptors (Lipinski definition) is 7. The van der Waals surface area contributed by atoms with Gasteiger partial charge in [0.1, 0.15) is 12.1 Å². The van der Waals surface area contributed by atoms with Crippen molar-refractivity contribution in [2.45, 2.75) is 5.92 Å². The summed E-state index contributed by atoms with van der Waals surface area (Å²) in [4.78, 5) is 10.6. The van der Waals surface area contributed by atoms with Crippen molar-refractivity contribution in [1.29, 1.82) is 0 Å². The summed E-state index contributed by atoms with van der Waals surface area (Å²) in [6.45, 7) is 0. The minimum Gasteiger partial charge on any atom is -0.493 e. The van der Waals surface area contributed by atoms with Crippen molar-refractivity contribution in [2.24, 2.45) is 0 Å². The minimum atomic E-state index is -0.216. The Kier molecular flexibility index (Phi) is 4.68. The van der Waals surface area contributed by atoms with Crippen molar-refractivity contribution in [2.75, 3.05) is 14.2 Å². The van der Waals surface area contributed by atoms with Gasteiger partial charge in [-0.1, -0.05) is 42.5 Å². The van der Waals surface area contributed by atoms with Crippen LogP contribution in [0.1, 0.15) is 22.6 Å². The fourth-order valence-electron chi connectivity index (χ4n) is 4.98. The van der Waals surface area contributed by atoms with Crippen LogP contribution in [0.5, 0.6) is 23.1 Å². The lowest BCUT2D eigenvalue weighted by atomic mass is 9.81. The van der Waals surface area contributed by atoms with E-state index < -0.39 is 0 Å². The van der Waals surface area contributed by atoms with Gasteiger partial charge in [-0.2, -0.15) is 0 Å². The van der Waals surface area contributed by atoms with Crippen molar-refractivity contribution < 1.29 is 14.2 Å². The van der Waals surface area contributed by atoms with E-state index >= 15 is 0 Å². The zero-order valence-corrected chi connectivity index (χ0v) is 20.3. The molecule has 36 heavy (non-hydrogen) atoms. The number of thiophene rings is 1. The molecule has 0 bridgehead atoms. The number of fused-ring (bicyclic) bond motifs is 6. The molecule has 1 unspecified atom stereocenters. The highest BCUT2D eigenvalue weighted by Gasteiger charge is 2.35. The standard InChI is InChI=1S/C28H20N4O3S/c1-33-19-11-10-17(14-21(19)34-2)23-24-18-7-4-3-6-16(18)9-12-20(24)35-28-25(23)27-30-26(22-8-5-13-36-22)31-32(27)15-29-28/h3-15,23H,1-2H3. The van der Waals surface area contributed by atoms with Crippen molar-refractivity contribution in [3.63, 3.8) is 0 Å². The molecule has 1 aliphatic rings. The summed E-state index contributed by atoms with van der Waals surface area (Å²) in [7, 11) is 3.29. The second kappa shape index (κ2) is 8.07. The molecule has 0 saturated heterocycles. The quantitative estimate of drug-likeness (QED) is 0.287. The third-order valence-electron chi connectivity index (χ3n) is 6.58. The summed E-state index contributed by atoms with van der Waals surface area (Å²) in [5.41, 5.74) is 3.65. The second-order valence-corrected chi connectivity index (χ2v) is 9.44. The van der Waals surface area contributed by atoms with Gasteiger partial charge in [-0.15, -0.1) is 16.4 Å². The lowest BCUT2D eigenvalue weighted by molar-refractivity contribution is 0.354. The van der Waals surface area contributed by atoms with Gasteiger partial charge in [-0.05, 0) is 46.0 Å². The van der Waals surface area contributed by atoms with E-state index in [2.05, 4.69) is 35.3 Å². The predicted molar refractivity (Wildman–Crippen MR) is 139 cm³/mol. The predicted octanol–water partition coefficient (Wildman–Crippen LogP) is 6.31. The molecule has 0 spiro atoms. The van der Waals surface area contributed by atoms with Gasteiger partial charge < -0.3 is 14.2 Å². The number of rotatable bonds is 4. The third-order valence-corrected chi connectivity index (χ3v) is 7.45. The van der Waals surface area contributed by atoms with E-state index in [9.17, 15) is 0 Å². The number of ether oxygens (including phenoxy) is 3. The molecule has 0 N–H and O–H groups in total. The third kappa shape index (κ3) is 3.08. The average Bonchev–Trinajstić information content (AvgIpc) is 3.61. The molecule has 4 heterocycles. The Bertz CT molecular complexity index is 1760. The van der Waals surface area contributed by atoms with Gasteiger partial charge in [-0.3, -0.25) is 0 Å². The van der Waals surface area contributed by atoms with Crippen molar-refractivity contribution in [3.8, 4) is 33.8 Å². The molecule has 3 aromatic carbocycles. The van der Waals surface area contributed by atoms with Crippen LogP contribution in [0.2, 0.25) is 0 Å². The maximum absolute atomic E-state index is 6.40. The SMILES string of the molecule is COc1ccc(C2c3c(ccc4ccccc34)Oc3ncn4nc(-c5cccs5)nc4c32)cc1OC. The zero-order chi connectivity index (χ0) is 24.2. The Labute approximate surface area is 210 Å². The normalized spacial score (nSPS) is 14.3. The molecule has 7 nitrogen and oxygen atoms in total. The Morgan fingerprint density at radius 3 is 2.64 bits per heavy atom. The van der Waals surface area contributed by atoms with Crippen molar-refractivity contribution >= 4 is 27.8 Å². The first-order valence-corrected chi connectivity index (χ1v) is 12.3. The smallest absolute Gasteiger partial charge is 0.228 e. The molecule has 6 aromatic rings. The molecular weight excluding hydrogens is 472 g/mol. The first-order chi connectivity index (χ1) is 17.7. The minimum absolute atomic E-state index is 0.216. The highest BCUT2D eigenvalue weighted by Crippen LogP contribution is 2.51. The van der Waals surface area contributed by atoms with E-state index in [1.165, 1.54) is 0 Å². The molecule has 0 saturated carbocycles. The van der Waals surface area contributed by atoms with Gasteiger partial charge in [0.2, 0.25) is 5.88 Å². The number of benzene rings is 3. The van der Waals surface area contributed by atoms with Crippen LogP contribution >= 0.6 is 11.3 Å². The van der Waals surface area contributed by atoms with Crippen LogP contribution in [0, 0.1) is 0 Å². The maximum atomic E-state index is 6.40. The van der Waals surface area contributed by atoms with Crippen LogP contribution in [0.4, 0.5) is 0 Å². The summed E-state index contributed by atoms with van der Waals surface area (Å²) < 4.78 is 19.3. The molecule has 0 aliphatic carbocycles. The summed E-state index contributed by atoms with van der Waals surface area (Å²) in [6.07, 6.45) is 1.66. The molecule has 1 aliphatic heterocycles. The summed E-state index contributed by atoms with van der Waals surface area (Å²) in [5.74, 6) is 3.07. The molecule has 1 atom stereocenters. The number of hydrogen-bond donors (Lipinski definition) is 0. The largest absolute Gasteiger partial charge is 0.493 e. The molecule has 7 rings (SSSR count). The van der Waals surface area contributed by atoms with Crippen LogP contribution in [0.15, 0.2) is 78.4 Å². The van der Waals surface area contributed by atoms with Crippen LogP contribution in [0.3, 0.4) is 0 Å². The fraction of sp³-hybridized carbons (Fsp3) is 0.107. The van der Waals surface area contributed by atoms with Gasteiger partial charge in [0.15, 0.2) is 23.0 Å². The van der Waals surface area contributed by atoms with Gasteiger partial charge in [0.25, 0.3) is 0 Å². The van der Waals surface area contributed by atoms with E-state index in [-0.39, 0.29) is 5.92 Å². The fourth-order valence-corrected chi connectivity index (χ4v) is 5.63. The summed E-state index contributed by atoms with van der Waals surface area (Å²) >= 11 is 1.60. The van der Waals surface area contributed by atoms with Crippen molar-refractivity contribution in [1.82, 2.24) is 19.6 Å². The van der Waals surface area contributed by atoms with E-state index in [0.717, 1.165) is 38.1 Å². The monoisotopic (exact) mass is 492 g/mol. The van der Waals surface area contributed by atoms with Gasteiger partial charge in [0.05, 0.1) is 24.7 Å². The van der Waals surface area contributed by atoms with Crippen molar-refractivity contribution in [3.05, 3.63) is 95.1 Å². The van der Waals surface area contributed by atoms with Crippen LogP contribution in [0.25, 0.3) is 27.1 Å². The van der Waals surface area contributed by atoms with Gasteiger partial charge in [0, 0.05) is 11.5 Å². The molecular formula is C28H20N4O3S. The number of nitrogens with zero attached hydrogens (tertiary/aromatic N) is 4. The maximum Gasteiger partial charge on any atom is 0.228 e. The summed E-state index contributed by atoms with van der Waals surface area (Å²) in [6, 6.07) is 22.5. The molecule has 0 amide bonds. The van der Waals surface area contributed by atoms with Gasteiger partial charge in [-0.25, -0.2) is 14.5 Å². The first-order valence-electron chi connectivity index (χ1n) is 11.5. The Morgan fingerprint density at radius 1 is 0.917 bits per heavy atom. The highest BCUT2D eigenvalue weighted by atomic mass is 32.1. The molecule has 0 fully saturated rings. The number of methoxy groups -OCH3 is 2. The van der Waals surface area contributed by atoms with Crippen LogP contribution in [-0.4, -0.2) is 33.8 Å². The van der Waals surface area contributed by atoms with E-state index in [4.69, 9.17) is 24.3 Å². The highest BCUT2D eigenvalue weighted by molar-refractivity contribution is 7.13. The molecule has 8 heteroatoms. The Morgan fingerprint density at radius 2 is 1.81 bits per heavy atom. The van der Waals surface area contributed by atoms with Crippen LogP contribution < -0.4 is 14.2 Å². The van der Waals surface area contributed by atoms with E-state index in [1.54, 1.807) is 36.4 Å². The Balaban J connectivity index is 1.55. The van der Waals surface area contributed by atoms with E-state index in [0.29, 0.717) is 28.9 Å². The Hall–Kier alpha value is -4.43. The topological polar surface area (TPSA) is 70.8 Å². The molecule has 0 radical (unpaired) electrons. The molecule has 3 aromatic heterocycles. The first kappa shape index (κ1) is 20.9. The number of aromatic nitrogens is 4. The van der Waals surface area contributed by atoms with E-state index in [1.807, 2.05) is 41.8 Å². The lowest BCUT2D eigenvalue weighted by Gasteiger charge is -2.29. The second-order valence-electron chi connectivity index (χ2n) is 8.49. The average molecular weight is 493 g/mol. The van der Waals surface area contributed by atoms with Crippen LogP contribution in [-0.2, 0) is 0 Å². The lowest BCUT2D eigenvalue weighted by Crippen LogP contribution is -2.15. The molecule has 176 valence electrons. The summed E-state index contributed by atoms with van der Waals surface area (Å²) in [5, 5.41) is 8.99. The zero-order valence-electron chi connectivity index (χ0n) is 19.5. The van der Waals surface area contributed by atoms with Gasteiger partial charge >= 0.3 is 0 Å².